The van der Waals surface area contributed by atoms with Crippen LogP contribution in [0.3, 0.4) is 0 Å². The number of carbonyl (C=O) groups excluding carboxylic acids is 2. The lowest BCUT2D eigenvalue weighted by Gasteiger charge is -2.29. The monoisotopic (exact) mass is 552 g/mol. The Morgan fingerprint density at radius 1 is 0.974 bits per heavy atom. The molecule has 0 N–H and O–H groups in total. The fourth-order valence-corrected chi connectivity index (χ4v) is 5.43. The summed E-state index contributed by atoms with van der Waals surface area (Å²) in [6.45, 7) is 1.87. The summed E-state index contributed by atoms with van der Waals surface area (Å²) in [5.41, 5.74) is 1.30. The zero-order valence-electron chi connectivity index (χ0n) is 22.1. The minimum Gasteiger partial charge on any atom is -0.497 e. The van der Waals surface area contributed by atoms with E-state index in [0.717, 1.165) is 23.3 Å². The van der Waals surface area contributed by atoms with Gasteiger partial charge in [-0.15, -0.1) is 11.3 Å². The van der Waals surface area contributed by atoms with Crippen molar-refractivity contribution in [2.45, 2.75) is 32.0 Å². The molecule has 1 unspecified atom stereocenters. The maximum atomic E-state index is 13.9. The molecule has 0 spiro atoms. The van der Waals surface area contributed by atoms with Crippen LogP contribution < -0.4 is 18.9 Å². The van der Waals surface area contributed by atoms with Gasteiger partial charge in [0.2, 0.25) is 12.7 Å². The van der Waals surface area contributed by atoms with E-state index in [2.05, 4.69) is 0 Å². The summed E-state index contributed by atoms with van der Waals surface area (Å²) in [5.74, 6) is 1.92. The van der Waals surface area contributed by atoms with E-state index in [1.54, 1.807) is 39.3 Å². The summed E-state index contributed by atoms with van der Waals surface area (Å²) >= 11 is 1.59. The second-order valence-electron chi connectivity index (χ2n) is 9.44. The Morgan fingerprint density at radius 3 is 2.46 bits per heavy atom. The third-order valence-electron chi connectivity index (χ3n) is 6.75. The molecule has 0 aliphatic carbocycles. The second-order valence-corrected chi connectivity index (χ2v) is 10.5. The highest BCUT2D eigenvalue weighted by Gasteiger charge is 2.28. The van der Waals surface area contributed by atoms with Gasteiger partial charge in [0, 0.05) is 36.2 Å². The van der Waals surface area contributed by atoms with Gasteiger partial charge in [-0.25, -0.2) is 0 Å². The van der Waals surface area contributed by atoms with Crippen molar-refractivity contribution in [3.8, 4) is 23.0 Å². The molecule has 3 aromatic rings. The van der Waals surface area contributed by atoms with Crippen molar-refractivity contribution in [3.63, 3.8) is 0 Å². The van der Waals surface area contributed by atoms with Gasteiger partial charge in [0.15, 0.2) is 11.5 Å². The van der Waals surface area contributed by atoms with Gasteiger partial charge < -0.3 is 33.5 Å². The molecule has 2 aliphatic heterocycles. The van der Waals surface area contributed by atoms with Crippen molar-refractivity contribution in [2.75, 3.05) is 40.7 Å². The first-order valence-electron chi connectivity index (χ1n) is 12.8. The lowest BCUT2D eigenvalue weighted by Crippen LogP contribution is -2.45. The van der Waals surface area contributed by atoms with Crippen LogP contribution in [0.4, 0.5) is 0 Å². The molecule has 3 heterocycles. The molecular weight excluding hydrogens is 520 g/mol. The largest absolute Gasteiger partial charge is 0.497 e. The van der Waals surface area contributed by atoms with Crippen molar-refractivity contribution < 1.29 is 33.3 Å². The molecule has 0 bridgehead atoms. The number of methoxy groups -OCH3 is 2. The third-order valence-corrected chi connectivity index (χ3v) is 7.61. The van der Waals surface area contributed by atoms with E-state index in [9.17, 15) is 9.59 Å². The van der Waals surface area contributed by atoms with Gasteiger partial charge >= 0.3 is 0 Å². The quantitative estimate of drug-likeness (QED) is 0.350. The fourth-order valence-electron chi connectivity index (χ4n) is 4.71. The summed E-state index contributed by atoms with van der Waals surface area (Å²) < 4.78 is 27.5. The Bertz CT molecular complexity index is 1270. The predicted octanol–water partition coefficient (Wildman–Crippen LogP) is 4.34. The standard InChI is InChI=1S/C29H32N2O7S/c1-34-23-12-21(13-24(14-23)35-2)29(33)31(16-22-5-3-9-36-22)18-28(32)30(17-25-6-4-10-39-25)15-20-7-8-26-27(11-20)38-19-37-26/h4,6-8,10-14,22H,3,5,9,15-19H2,1-2H3. The van der Waals surface area contributed by atoms with E-state index in [-0.39, 0.29) is 31.3 Å². The molecule has 1 atom stereocenters. The Hall–Kier alpha value is -3.76. The first-order chi connectivity index (χ1) is 19.0. The van der Waals surface area contributed by atoms with E-state index in [4.69, 9.17) is 23.7 Å². The van der Waals surface area contributed by atoms with Crippen molar-refractivity contribution in [2.24, 2.45) is 0 Å². The van der Waals surface area contributed by atoms with Gasteiger partial charge in [0.1, 0.15) is 18.0 Å². The maximum absolute atomic E-state index is 13.9. The van der Waals surface area contributed by atoms with Crippen LogP contribution >= 0.6 is 11.3 Å². The minimum atomic E-state index is -0.282. The second kappa shape index (κ2) is 12.4. The van der Waals surface area contributed by atoms with E-state index < -0.39 is 0 Å². The number of fused-ring (bicyclic) bond motifs is 1. The predicted molar refractivity (Wildman–Crippen MR) is 146 cm³/mol. The van der Waals surface area contributed by atoms with Gasteiger partial charge in [0.25, 0.3) is 5.91 Å². The fraction of sp³-hybridized carbons (Fsp3) is 0.379. The van der Waals surface area contributed by atoms with Crippen LogP contribution in [0.5, 0.6) is 23.0 Å². The van der Waals surface area contributed by atoms with Crippen LogP contribution in [0.2, 0.25) is 0 Å². The third kappa shape index (κ3) is 6.63. The molecule has 1 saturated heterocycles. The Balaban J connectivity index is 1.39. The van der Waals surface area contributed by atoms with Gasteiger partial charge in [0.05, 0.1) is 26.9 Å². The van der Waals surface area contributed by atoms with Gasteiger partial charge in [-0.05, 0) is 54.1 Å². The molecule has 206 valence electrons. The van der Waals surface area contributed by atoms with Crippen LogP contribution in [0.1, 0.15) is 33.6 Å². The molecule has 2 aromatic carbocycles. The maximum Gasteiger partial charge on any atom is 0.254 e. The van der Waals surface area contributed by atoms with Gasteiger partial charge in [-0.2, -0.15) is 0 Å². The van der Waals surface area contributed by atoms with E-state index in [1.807, 2.05) is 35.7 Å². The zero-order chi connectivity index (χ0) is 27.2. The first kappa shape index (κ1) is 26.8. The summed E-state index contributed by atoms with van der Waals surface area (Å²) in [5, 5.41) is 1.99. The van der Waals surface area contributed by atoms with Crippen molar-refractivity contribution in [3.05, 3.63) is 69.9 Å². The van der Waals surface area contributed by atoms with Crippen LogP contribution in [0.25, 0.3) is 0 Å². The summed E-state index contributed by atoms with van der Waals surface area (Å²) in [6, 6.07) is 14.7. The Kier molecular flexibility index (Phi) is 8.53. The average molecular weight is 553 g/mol. The highest BCUT2D eigenvalue weighted by Crippen LogP contribution is 2.33. The average Bonchev–Trinajstić information content (AvgIpc) is 3.75. The van der Waals surface area contributed by atoms with E-state index in [0.29, 0.717) is 54.8 Å². The van der Waals surface area contributed by atoms with E-state index >= 15 is 0 Å². The van der Waals surface area contributed by atoms with Crippen molar-refractivity contribution >= 4 is 23.2 Å². The summed E-state index contributed by atoms with van der Waals surface area (Å²) in [6.07, 6.45) is 1.66. The molecule has 1 aromatic heterocycles. The zero-order valence-corrected chi connectivity index (χ0v) is 22.9. The summed E-state index contributed by atoms with van der Waals surface area (Å²) in [4.78, 5) is 32.1. The van der Waals surface area contributed by atoms with Crippen LogP contribution in [0.15, 0.2) is 53.9 Å². The number of benzene rings is 2. The Labute approximate surface area is 231 Å². The topological polar surface area (TPSA) is 86.8 Å². The number of ether oxygens (including phenoxy) is 5. The molecule has 5 rings (SSSR count). The molecular formula is C29H32N2O7S. The number of hydrogen-bond donors (Lipinski definition) is 0. The molecule has 10 heteroatoms. The number of thiophene rings is 1. The highest BCUT2D eigenvalue weighted by molar-refractivity contribution is 7.09. The number of carbonyl (C=O) groups is 2. The lowest BCUT2D eigenvalue weighted by molar-refractivity contribution is -0.133. The molecule has 0 radical (unpaired) electrons. The first-order valence-corrected chi connectivity index (χ1v) is 13.7. The normalized spacial score (nSPS) is 15.7. The number of rotatable bonds is 11. The molecule has 9 nitrogen and oxygen atoms in total. The van der Waals surface area contributed by atoms with E-state index in [1.165, 1.54) is 14.2 Å². The minimum absolute atomic E-state index is 0.0891. The lowest BCUT2D eigenvalue weighted by atomic mass is 10.1. The van der Waals surface area contributed by atoms with Gasteiger partial charge in [-0.3, -0.25) is 9.59 Å². The van der Waals surface area contributed by atoms with Crippen LogP contribution in [0, 0.1) is 0 Å². The number of hydrogen-bond acceptors (Lipinski definition) is 8. The van der Waals surface area contributed by atoms with Gasteiger partial charge in [-0.1, -0.05) is 12.1 Å². The molecule has 1 fully saturated rings. The number of nitrogens with zero attached hydrogens (tertiary/aromatic N) is 2. The highest BCUT2D eigenvalue weighted by atomic mass is 32.1. The molecule has 2 amide bonds. The molecule has 2 aliphatic rings. The van der Waals surface area contributed by atoms with Crippen molar-refractivity contribution in [1.82, 2.24) is 9.80 Å². The summed E-state index contributed by atoms with van der Waals surface area (Å²) in [7, 11) is 3.07. The SMILES string of the molecule is COc1cc(OC)cc(C(=O)N(CC(=O)N(Cc2ccc3c(c2)OCO3)Cc2cccs2)CC2CCCO2)c1. The molecule has 39 heavy (non-hydrogen) atoms. The van der Waals surface area contributed by atoms with Crippen molar-refractivity contribution in [1.29, 1.82) is 0 Å². The molecule has 0 saturated carbocycles. The van der Waals surface area contributed by atoms with Crippen LogP contribution in [-0.4, -0.2) is 68.4 Å². The smallest absolute Gasteiger partial charge is 0.254 e. The van der Waals surface area contributed by atoms with Crippen LogP contribution in [-0.2, 0) is 22.6 Å². The number of amides is 2. The Morgan fingerprint density at radius 2 is 1.77 bits per heavy atom.